The van der Waals surface area contributed by atoms with Gasteiger partial charge in [0.2, 0.25) is 11.8 Å². The van der Waals surface area contributed by atoms with E-state index in [4.69, 9.17) is 11.6 Å². The van der Waals surface area contributed by atoms with Gasteiger partial charge in [0.15, 0.2) is 0 Å². The average molecular weight is 489 g/mol. The van der Waals surface area contributed by atoms with Crippen LogP contribution in [-0.2, 0) is 16.1 Å². The second kappa shape index (κ2) is 10.1. The van der Waals surface area contributed by atoms with Crippen LogP contribution in [0.15, 0.2) is 71.5 Å². The zero-order valence-corrected chi connectivity index (χ0v) is 20.4. The molecule has 35 heavy (non-hydrogen) atoms. The van der Waals surface area contributed by atoms with Crippen molar-refractivity contribution in [3.05, 3.63) is 87.7 Å². The Labute approximate surface area is 207 Å². The molecule has 0 fully saturated rings. The van der Waals surface area contributed by atoms with Crippen molar-refractivity contribution in [2.75, 3.05) is 10.6 Å². The van der Waals surface area contributed by atoms with Gasteiger partial charge in [-0.15, -0.1) is 0 Å². The number of aromatic nitrogens is 2. The van der Waals surface area contributed by atoms with Crippen molar-refractivity contribution in [3.63, 3.8) is 0 Å². The highest BCUT2D eigenvalue weighted by molar-refractivity contribution is 6.30. The van der Waals surface area contributed by atoms with Crippen molar-refractivity contribution in [3.8, 4) is 11.3 Å². The Kier molecular flexibility index (Phi) is 6.98. The maximum Gasteiger partial charge on any atom is 0.278 e. The van der Waals surface area contributed by atoms with Gasteiger partial charge in [-0.1, -0.05) is 55.8 Å². The monoisotopic (exact) mass is 488 g/mol. The molecule has 2 N–H and O–H groups in total. The zero-order valence-electron chi connectivity index (χ0n) is 19.6. The van der Waals surface area contributed by atoms with E-state index in [9.17, 15) is 14.4 Å². The Balaban J connectivity index is 1.78. The van der Waals surface area contributed by atoms with Gasteiger partial charge >= 0.3 is 0 Å². The summed E-state index contributed by atoms with van der Waals surface area (Å²) in [4.78, 5) is 43.6. The molecule has 4 aromatic rings. The van der Waals surface area contributed by atoms with Gasteiger partial charge in [0.05, 0.1) is 16.7 Å². The normalized spacial score (nSPS) is 11.0. The third kappa shape index (κ3) is 5.25. The smallest absolute Gasteiger partial charge is 0.278 e. The first-order chi connectivity index (χ1) is 16.7. The molecule has 4 rings (SSSR count). The molecule has 1 heterocycles. The largest absolute Gasteiger partial charge is 0.325 e. The molecule has 0 unspecified atom stereocenters. The first-order valence-electron chi connectivity index (χ1n) is 11.2. The lowest BCUT2D eigenvalue weighted by Gasteiger charge is -2.16. The molecule has 8 heteroatoms. The van der Waals surface area contributed by atoms with Gasteiger partial charge in [-0.3, -0.25) is 19.0 Å². The van der Waals surface area contributed by atoms with E-state index >= 15 is 0 Å². The highest BCUT2D eigenvalue weighted by Gasteiger charge is 2.19. The first kappa shape index (κ1) is 24.2. The van der Waals surface area contributed by atoms with Crippen molar-refractivity contribution >= 4 is 45.8 Å². The van der Waals surface area contributed by atoms with Crippen LogP contribution in [0.4, 0.5) is 11.4 Å². The predicted molar refractivity (Wildman–Crippen MR) is 140 cm³/mol. The fourth-order valence-electron chi connectivity index (χ4n) is 3.70. The number of fused-ring (bicyclic) bond motifs is 1. The molecule has 0 bridgehead atoms. The molecular weight excluding hydrogens is 464 g/mol. The molecule has 0 spiro atoms. The maximum absolute atomic E-state index is 13.6. The van der Waals surface area contributed by atoms with Crippen molar-refractivity contribution in [2.45, 2.75) is 27.3 Å². The van der Waals surface area contributed by atoms with Crippen LogP contribution in [0.2, 0.25) is 5.02 Å². The molecular formula is C27H25ClN4O3. The minimum absolute atomic E-state index is 0.152. The van der Waals surface area contributed by atoms with E-state index in [0.717, 1.165) is 5.56 Å². The number of anilines is 2. The van der Waals surface area contributed by atoms with Gasteiger partial charge in [0.25, 0.3) is 5.56 Å². The summed E-state index contributed by atoms with van der Waals surface area (Å²) in [6.45, 7) is 5.22. The van der Waals surface area contributed by atoms with Crippen molar-refractivity contribution in [2.24, 2.45) is 5.92 Å². The van der Waals surface area contributed by atoms with Crippen molar-refractivity contribution in [1.82, 2.24) is 9.55 Å². The predicted octanol–water partition coefficient (Wildman–Crippen LogP) is 5.26. The quantitative estimate of drug-likeness (QED) is 0.387. The van der Waals surface area contributed by atoms with E-state index in [1.807, 2.05) is 13.0 Å². The minimum Gasteiger partial charge on any atom is -0.325 e. The van der Waals surface area contributed by atoms with E-state index in [-0.39, 0.29) is 30.0 Å². The summed E-state index contributed by atoms with van der Waals surface area (Å²) >= 11 is 6.02. The maximum atomic E-state index is 13.6. The number of rotatable bonds is 6. The average Bonchev–Trinajstić information content (AvgIpc) is 2.83. The summed E-state index contributed by atoms with van der Waals surface area (Å²) in [6.07, 6.45) is 0. The lowest BCUT2D eigenvalue weighted by atomic mass is 10.1. The number of hydrogen-bond acceptors (Lipinski definition) is 4. The first-order valence-corrected chi connectivity index (χ1v) is 11.6. The number of carbonyl (C=O) groups is 2. The topological polar surface area (TPSA) is 93.1 Å². The van der Waals surface area contributed by atoms with E-state index in [0.29, 0.717) is 33.0 Å². The Morgan fingerprint density at radius 1 is 0.971 bits per heavy atom. The molecule has 178 valence electrons. The molecule has 0 aliphatic heterocycles. The highest BCUT2D eigenvalue weighted by atomic mass is 35.5. The number of benzene rings is 3. The van der Waals surface area contributed by atoms with Gasteiger partial charge in [0.1, 0.15) is 12.2 Å². The van der Waals surface area contributed by atoms with E-state index in [1.54, 1.807) is 74.5 Å². The third-order valence-corrected chi connectivity index (χ3v) is 5.82. The van der Waals surface area contributed by atoms with Crippen LogP contribution in [0.1, 0.15) is 19.4 Å². The number of aryl methyl sites for hydroxylation is 1. The van der Waals surface area contributed by atoms with Gasteiger partial charge in [-0.25, -0.2) is 4.98 Å². The Morgan fingerprint density at radius 3 is 2.43 bits per heavy atom. The number of halogens is 1. The molecule has 2 amide bonds. The van der Waals surface area contributed by atoms with Crippen LogP contribution in [0.3, 0.4) is 0 Å². The molecule has 0 radical (unpaired) electrons. The van der Waals surface area contributed by atoms with Gasteiger partial charge in [-0.2, -0.15) is 0 Å². The number of para-hydroxylation sites is 3. The van der Waals surface area contributed by atoms with Crippen LogP contribution in [-0.4, -0.2) is 21.4 Å². The summed E-state index contributed by atoms with van der Waals surface area (Å²) in [5.74, 6) is -0.762. The molecule has 0 saturated carbocycles. The Hall–Kier alpha value is -3.97. The number of amides is 2. The summed E-state index contributed by atoms with van der Waals surface area (Å²) in [6, 6.07) is 19.3. The van der Waals surface area contributed by atoms with Crippen LogP contribution in [0.25, 0.3) is 22.3 Å². The second-order valence-corrected chi connectivity index (χ2v) is 8.97. The summed E-state index contributed by atoms with van der Waals surface area (Å²) < 4.78 is 1.40. The second-order valence-electron chi connectivity index (χ2n) is 8.54. The summed E-state index contributed by atoms with van der Waals surface area (Å²) in [7, 11) is 0. The molecule has 3 aromatic carbocycles. The number of nitrogens with one attached hydrogen (secondary N) is 2. The zero-order chi connectivity index (χ0) is 25.1. The van der Waals surface area contributed by atoms with Gasteiger partial charge in [-0.05, 0) is 48.9 Å². The number of hydrogen-bond donors (Lipinski definition) is 2. The summed E-state index contributed by atoms with van der Waals surface area (Å²) in [5, 5.41) is 6.30. The number of carbonyl (C=O) groups excluding carboxylic acids is 2. The lowest BCUT2D eigenvalue weighted by molar-refractivity contribution is -0.119. The van der Waals surface area contributed by atoms with Crippen LogP contribution < -0.4 is 16.2 Å². The lowest BCUT2D eigenvalue weighted by Crippen LogP contribution is -2.30. The molecule has 0 saturated heterocycles. The van der Waals surface area contributed by atoms with Crippen LogP contribution in [0, 0.1) is 12.8 Å². The van der Waals surface area contributed by atoms with E-state index in [2.05, 4.69) is 15.6 Å². The van der Waals surface area contributed by atoms with Crippen LogP contribution in [0.5, 0.6) is 0 Å². The standard InChI is InChI=1S/C27H25ClN4O3/c1-16(2)26(34)31-21-9-5-4-8-19(21)25-27(35)32(23-11-7-6-10-22(23)30-25)15-24(33)29-20-13-12-18(28)14-17(20)3/h4-14,16H,15H2,1-3H3,(H,29,33)(H,31,34). The molecule has 0 atom stereocenters. The molecule has 0 aliphatic rings. The Morgan fingerprint density at radius 2 is 1.69 bits per heavy atom. The van der Waals surface area contributed by atoms with Crippen molar-refractivity contribution < 1.29 is 9.59 Å². The fourth-order valence-corrected chi connectivity index (χ4v) is 3.93. The third-order valence-electron chi connectivity index (χ3n) is 5.58. The van der Waals surface area contributed by atoms with E-state index in [1.165, 1.54) is 4.57 Å². The molecule has 0 aliphatic carbocycles. The van der Waals surface area contributed by atoms with Crippen LogP contribution >= 0.6 is 11.6 Å². The van der Waals surface area contributed by atoms with Gasteiger partial charge in [0, 0.05) is 22.2 Å². The Bertz CT molecular complexity index is 1490. The van der Waals surface area contributed by atoms with Gasteiger partial charge < -0.3 is 10.6 Å². The van der Waals surface area contributed by atoms with Crippen molar-refractivity contribution in [1.29, 1.82) is 0 Å². The minimum atomic E-state index is -0.432. The highest BCUT2D eigenvalue weighted by Crippen LogP contribution is 2.26. The summed E-state index contributed by atoms with van der Waals surface area (Å²) in [5.41, 5.74) is 3.21. The number of nitrogens with zero attached hydrogens (tertiary/aromatic N) is 2. The van der Waals surface area contributed by atoms with E-state index < -0.39 is 5.56 Å². The molecule has 1 aromatic heterocycles. The fraction of sp³-hybridized carbons (Fsp3) is 0.185. The SMILES string of the molecule is Cc1cc(Cl)ccc1NC(=O)Cn1c(=O)c(-c2ccccc2NC(=O)C(C)C)nc2ccccc21. The molecule has 7 nitrogen and oxygen atoms in total.